The van der Waals surface area contributed by atoms with Crippen molar-refractivity contribution in [3.05, 3.63) is 113 Å². The lowest BCUT2D eigenvalue weighted by atomic mass is 9.43. The number of anilines is 1. The van der Waals surface area contributed by atoms with Crippen molar-refractivity contribution in [2.24, 2.45) is 34.3 Å². The number of carbonyl (C=O) groups is 11. The van der Waals surface area contributed by atoms with Gasteiger partial charge in [-0.3, -0.25) is 33.6 Å². The number of Topliss-reactive ketones (excluding diaryl/α,β-unsaturated/α-hetero) is 2. The van der Waals surface area contributed by atoms with Crippen molar-refractivity contribution < 1.29 is 106 Å². The Morgan fingerprint density at radius 3 is 2.05 bits per heavy atom. The van der Waals surface area contributed by atoms with E-state index in [0.29, 0.717) is 5.56 Å². The van der Waals surface area contributed by atoms with Crippen molar-refractivity contribution in [3.63, 3.8) is 0 Å². The highest BCUT2D eigenvalue weighted by Gasteiger charge is 2.77. The third-order valence-electron chi connectivity index (χ3n) is 18.3. The molecule has 0 spiro atoms. The van der Waals surface area contributed by atoms with Crippen molar-refractivity contribution in [1.29, 1.82) is 0 Å². The third-order valence-corrected chi connectivity index (χ3v) is 18.3. The summed E-state index contributed by atoms with van der Waals surface area (Å²) in [6, 6.07) is 17.0. The van der Waals surface area contributed by atoms with Gasteiger partial charge in [0.05, 0.1) is 37.7 Å². The van der Waals surface area contributed by atoms with Crippen LogP contribution in [0.25, 0.3) is 0 Å². The quantitative estimate of drug-likeness (QED) is 0.0242. The molecule has 27 nitrogen and oxygen atoms in total. The maximum Gasteiger partial charge on any atom is 0.509 e. The van der Waals surface area contributed by atoms with E-state index in [1.165, 1.54) is 83.3 Å². The van der Waals surface area contributed by atoms with E-state index in [9.17, 15) is 53.4 Å². The predicted molar refractivity (Wildman–Crippen MR) is 336 cm³/mol. The minimum Gasteiger partial charge on any atom is -0.455 e. The number of benzene rings is 3. The zero-order valence-corrected chi connectivity index (χ0v) is 55.4. The molecule has 4 aliphatic rings. The fourth-order valence-electron chi connectivity index (χ4n) is 13.1. The first-order valence-electron chi connectivity index (χ1n) is 31.3. The molecule has 1 aliphatic heterocycles. The van der Waals surface area contributed by atoms with Gasteiger partial charge in [0.2, 0.25) is 29.7 Å². The molecule has 3 aliphatic carbocycles. The van der Waals surface area contributed by atoms with Crippen LogP contribution >= 0.6 is 0 Å². The van der Waals surface area contributed by atoms with Crippen LogP contribution in [0.15, 0.2) is 96.1 Å². The summed E-state index contributed by atoms with van der Waals surface area (Å²) in [7, 11) is 1.48. The number of nitrogens with one attached hydrogen (secondary N) is 4. The fourth-order valence-corrected chi connectivity index (χ4v) is 13.1. The first-order valence-corrected chi connectivity index (χ1v) is 31.3. The summed E-state index contributed by atoms with van der Waals surface area (Å²) in [6.45, 7) is 16.1. The lowest BCUT2D eigenvalue weighted by Crippen LogP contribution is -2.80. The predicted octanol–water partition coefficient (Wildman–Crippen LogP) is 4.96. The maximum absolute atomic E-state index is 15.5. The van der Waals surface area contributed by atoms with E-state index in [4.69, 9.17) is 48.4 Å². The molecule has 1 saturated heterocycles. The zero-order chi connectivity index (χ0) is 70.1. The second-order valence-corrected chi connectivity index (χ2v) is 26.4. The molecule has 2 saturated carbocycles. The van der Waals surface area contributed by atoms with Gasteiger partial charge < -0.3 is 79.8 Å². The molecule has 7 rings (SSSR count). The number of ether oxygens (including phenoxy) is 9. The van der Waals surface area contributed by atoms with Crippen LogP contribution in [0.5, 0.6) is 0 Å². The third kappa shape index (κ3) is 16.7. The maximum atomic E-state index is 15.5. The van der Waals surface area contributed by atoms with Crippen LogP contribution in [0.3, 0.4) is 0 Å². The number of carbonyl (C=O) groups excluding carboxylic acids is 11. The van der Waals surface area contributed by atoms with Crippen LogP contribution in [-0.2, 0) is 87.6 Å². The molecule has 14 atom stereocenters. The second-order valence-electron chi connectivity index (χ2n) is 26.4. The molecule has 95 heavy (non-hydrogen) atoms. The minimum atomic E-state index is -2.43. The zero-order valence-electron chi connectivity index (χ0n) is 55.4. The van der Waals surface area contributed by atoms with E-state index < -0.39 is 173 Å². The molecule has 1 heterocycles. The molecule has 5 amide bonds. The Morgan fingerprint density at radius 2 is 1.46 bits per heavy atom. The Bertz CT molecular complexity index is 3390. The van der Waals surface area contributed by atoms with Gasteiger partial charge >= 0.3 is 30.2 Å². The van der Waals surface area contributed by atoms with Gasteiger partial charge in [-0.05, 0) is 93.5 Å². The summed E-state index contributed by atoms with van der Waals surface area (Å²) >= 11 is 0. The van der Waals surface area contributed by atoms with E-state index in [1.807, 2.05) is 0 Å². The molecule has 516 valence electrons. The molecule has 3 aromatic rings. The largest absolute Gasteiger partial charge is 0.509 e. The molecule has 27 heteroatoms. The van der Waals surface area contributed by atoms with Crippen molar-refractivity contribution >= 4 is 71.0 Å². The monoisotopic (exact) mass is 1330 g/mol. The molecule has 3 aromatic carbocycles. The summed E-state index contributed by atoms with van der Waals surface area (Å²) in [5, 5.41) is 36.7. The summed E-state index contributed by atoms with van der Waals surface area (Å²) in [5.74, 6) is -10.3. The summed E-state index contributed by atoms with van der Waals surface area (Å²) < 4.78 is 52.2. The number of nitrogens with two attached hydrogens (primary N) is 1. The number of hydrogen-bond donors (Lipinski definition) is 7. The standard InChI is InChI=1S/C68H87N5O22/c1-36(29-45(75)34-88-28-27-87-12)57(79)70-39(4)58(80)72-46(31-49(69)76)59(81)71-44-25-23-41(24-26-44)33-89-63(85)92-53(51(42-19-15-13-16-20-42)73-62(84)95-64(6,7)8)61(83)91-47-32-68(86)56(93-60(82)43-21-17-14-18-22-43)54-66(11,55(78)52(77)50(38(47)3)65(68,9)10)37(2)30-48-67(54,35-90-48)94-40(5)74/h13-26,36-37,39,46-48,51-54,56,77,86H,27-35H2,1-12H3,(H2,69,76)(H,70,79)(H,71,81)(H,72,80)(H,73,84)/t36-,37-,39+,46+,47?,48?,51?,52+,53+,54-,56?,66+,67-,68+/m0/s1. The fraction of sp³-hybridized carbons (Fsp3) is 0.544. The van der Waals surface area contributed by atoms with Gasteiger partial charge in [-0.25, -0.2) is 19.2 Å². The van der Waals surface area contributed by atoms with Gasteiger partial charge in [-0.1, -0.05) is 95.3 Å². The number of esters is 3. The SMILES string of the molecule is COCCOCC(=O)C[C@H](C)C(=O)N[C@H](C)C(=O)N[C@H](CC(N)=O)C(=O)Nc1ccc(COC(=O)O[C@@H](C(=O)OC2C[C@@]3(O)C(OC(=O)c4ccccc4)[C@H]4[C@](C)(C(=O)[C@H](O)C(=C2C)C3(C)C)[C@@H](C)CC2OC[C@]24OC(C)=O)C(NC(=O)OC(C)(C)C)c2ccccc2)cc1. The van der Waals surface area contributed by atoms with Gasteiger partial charge in [0.15, 0.2) is 17.2 Å². The molecule has 2 bridgehead atoms. The number of alkyl carbamates (subject to hydrolysis) is 1. The Labute approximate surface area is 550 Å². The van der Waals surface area contributed by atoms with Crippen LogP contribution in [0, 0.1) is 28.6 Å². The van der Waals surface area contributed by atoms with Crippen molar-refractivity contribution in [2.45, 2.75) is 174 Å². The first-order chi connectivity index (χ1) is 44.6. The minimum absolute atomic E-state index is 0.0618. The Hall–Kier alpha value is -8.63. The van der Waals surface area contributed by atoms with Crippen molar-refractivity contribution in [3.8, 4) is 0 Å². The number of hydrogen-bond acceptors (Lipinski definition) is 22. The number of ketones is 2. The highest BCUT2D eigenvalue weighted by molar-refractivity contribution is 6.01. The lowest BCUT2D eigenvalue weighted by Gasteiger charge is -2.68. The van der Waals surface area contributed by atoms with E-state index in [-0.39, 0.29) is 73.0 Å². The molecule has 3 fully saturated rings. The van der Waals surface area contributed by atoms with Crippen molar-refractivity contribution in [1.82, 2.24) is 16.0 Å². The van der Waals surface area contributed by atoms with Gasteiger partial charge in [0.1, 0.15) is 67.0 Å². The second kappa shape index (κ2) is 30.4. The topological polar surface area (TPSA) is 385 Å². The molecule has 0 radical (unpaired) electrons. The van der Waals surface area contributed by atoms with Crippen LogP contribution < -0.4 is 27.0 Å². The van der Waals surface area contributed by atoms with Crippen LogP contribution in [0.1, 0.15) is 129 Å². The van der Waals surface area contributed by atoms with Crippen LogP contribution in [0.4, 0.5) is 15.3 Å². The average Bonchev–Trinajstić information content (AvgIpc) is 0.671. The normalized spacial score (nSPS) is 25.8. The molecular formula is C68H87N5O22. The summed E-state index contributed by atoms with van der Waals surface area (Å²) in [4.78, 5) is 151. The van der Waals surface area contributed by atoms with E-state index >= 15 is 9.59 Å². The number of primary amides is 1. The summed E-state index contributed by atoms with van der Waals surface area (Å²) in [6.07, 6.45) is -12.2. The average molecular weight is 1330 g/mol. The van der Waals surface area contributed by atoms with Gasteiger partial charge in [0.25, 0.3) is 0 Å². The number of rotatable bonds is 26. The van der Waals surface area contributed by atoms with E-state index in [2.05, 4.69) is 21.3 Å². The Balaban J connectivity index is 1.15. The highest BCUT2D eigenvalue weighted by Crippen LogP contribution is 2.65. The first kappa shape index (κ1) is 73.8. The number of fused-ring (bicyclic) bond motifs is 5. The smallest absolute Gasteiger partial charge is 0.455 e. The molecular weight excluding hydrogens is 1240 g/mol. The van der Waals surface area contributed by atoms with Crippen LogP contribution in [-0.4, -0.2) is 169 Å². The van der Waals surface area contributed by atoms with Gasteiger partial charge in [0, 0.05) is 49.3 Å². The Morgan fingerprint density at radius 1 is 0.821 bits per heavy atom. The number of aliphatic hydroxyl groups is 2. The van der Waals surface area contributed by atoms with Crippen LogP contribution in [0.2, 0.25) is 0 Å². The number of amides is 5. The molecule has 0 aromatic heterocycles. The van der Waals surface area contributed by atoms with E-state index in [0.717, 1.165) is 0 Å². The van der Waals surface area contributed by atoms with Gasteiger partial charge in [-0.2, -0.15) is 0 Å². The highest BCUT2D eigenvalue weighted by atomic mass is 16.7. The number of aliphatic hydroxyl groups excluding tert-OH is 1. The van der Waals surface area contributed by atoms with Crippen molar-refractivity contribution in [2.75, 3.05) is 38.9 Å². The molecule has 8 N–H and O–H groups in total. The number of methoxy groups -OCH3 is 1. The lowest BCUT2D eigenvalue weighted by molar-refractivity contribution is -0.340. The Kier molecular flexibility index (Phi) is 23.6. The molecule has 4 unspecified atom stereocenters. The van der Waals surface area contributed by atoms with E-state index in [1.54, 1.807) is 84.9 Å². The van der Waals surface area contributed by atoms with Gasteiger partial charge in [-0.15, -0.1) is 0 Å². The summed E-state index contributed by atoms with van der Waals surface area (Å²) in [5.41, 5.74) is -2.48.